The van der Waals surface area contributed by atoms with Gasteiger partial charge in [-0.25, -0.2) is 0 Å². The Kier molecular flexibility index (Phi) is 5.14. The van der Waals surface area contributed by atoms with Crippen molar-refractivity contribution in [2.75, 3.05) is 33.2 Å². The van der Waals surface area contributed by atoms with Gasteiger partial charge in [0, 0.05) is 26.2 Å². The van der Waals surface area contributed by atoms with E-state index in [1.807, 2.05) is 6.07 Å². The van der Waals surface area contributed by atoms with Gasteiger partial charge in [0.05, 0.1) is 0 Å². The summed E-state index contributed by atoms with van der Waals surface area (Å²) < 4.78 is 0. The van der Waals surface area contributed by atoms with E-state index in [2.05, 4.69) is 48.0 Å². The number of piperidine rings is 2. The minimum Gasteiger partial charge on any atom is -0.307 e. The average Bonchev–Trinajstić information content (AvgIpc) is 2.37. The molecule has 0 spiro atoms. The molecule has 0 aliphatic carbocycles. The van der Waals surface area contributed by atoms with Gasteiger partial charge in [0.15, 0.2) is 0 Å². The number of nitrogens with zero attached hydrogens (tertiary/aromatic N) is 2. The molecule has 2 aliphatic heterocycles. The number of benzene rings is 1. The molecule has 0 radical (unpaired) electrons. The van der Waals surface area contributed by atoms with Gasteiger partial charge in [-0.15, -0.1) is 5.56 Å². The Balaban J connectivity index is 0.00000133. The molecule has 3 rings (SSSR count). The molecular formula is C16H23LiN2. The van der Waals surface area contributed by atoms with Crippen molar-refractivity contribution in [1.82, 2.24) is 9.80 Å². The Morgan fingerprint density at radius 1 is 1.21 bits per heavy atom. The Morgan fingerprint density at radius 2 is 1.89 bits per heavy atom. The summed E-state index contributed by atoms with van der Waals surface area (Å²) in [5, 5.41) is 0. The number of hydrogen-bond acceptors (Lipinski definition) is 2. The van der Waals surface area contributed by atoms with Crippen LogP contribution >= 0.6 is 0 Å². The SMILES string of the molecule is C[C@@H](c1c[c-]ccc1)N1C[C@@H]2C[C@@H](CN(C)C2)C1.[Li+]. The summed E-state index contributed by atoms with van der Waals surface area (Å²) in [6.45, 7) is 7.42. The molecule has 2 nitrogen and oxygen atoms in total. The van der Waals surface area contributed by atoms with Gasteiger partial charge in [0.1, 0.15) is 0 Å². The Morgan fingerprint density at radius 3 is 2.47 bits per heavy atom. The molecule has 2 aliphatic rings. The van der Waals surface area contributed by atoms with Crippen LogP contribution in [0.1, 0.15) is 24.9 Å². The molecule has 1 aromatic rings. The molecule has 0 unspecified atom stereocenters. The van der Waals surface area contributed by atoms with Crippen LogP contribution in [0.15, 0.2) is 24.3 Å². The van der Waals surface area contributed by atoms with Crippen molar-refractivity contribution in [3.8, 4) is 0 Å². The third kappa shape index (κ3) is 3.44. The van der Waals surface area contributed by atoms with Crippen LogP contribution in [0.3, 0.4) is 0 Å². The van der Waals surface area contributed by atoms with E-state index in [9.17, 15) is 0 Å². The van der Waals surface area contributed by atoms with Crippen LogP contribution in [0, 0.1) is 17.9 Å². The molecule has 3 heteroatoms. The quantitative estimate of drug-likeness (QED) is 0.513. The zero-order valence-electron chi connectivity index (χ0n) is 12.5. The summed E-state index contributed by atoms with van der Waals surface area (Å²) in [5.74, 6) is 1.75. The van der Waals surface area contributed by atoms with Crippen molar-refractivity contribution in [2.45, 2.75) is 19.4 Å². The molecule has 98 valence electrons. The first-order chi connectivity index (χ1) is 8.72. The van der Waals surface area contributed by atoms with E-state index in [4.69, 9.17) is 0 Å². The van der Waals surface area contributed by atoms with E-state index in [0.717, 1.165) is 11.8 Å². The Hall–Kier alpha value is -0.263. The smallest absolute Gasteiger partial charge is 0.307 e. The molecule has 19 heavy (non-hydrogen) atoms. The van der Waals surface area contributed by atoms with Gasteiger partial charge in [-0.1, -0.05) is 6.92 Å². The van der Waals surface area contributed by atoms with E-state index < -0.39 is 0 Å². The van der Waals surface area contributed by atoms with Crippen molar-refractivity contribution in [1.29, 1.82) is 0 Å². The molecule has 1 aromatic carbocycles. The predicted octanol–water partition coefficient (Wildman–Crippen LogP) is -0.565. The van der Waals surface area contributed by atoms with Crippen molar-refractivity contribution in [2.24, 2.45) is 11.8 Å². The topological polar surface area (TPSA) is 6.48 Å². The Labute approximate surface area is 129 Å². The molecule has 0 aromatic heterocycles. The van der Waals surface area contributed by atoms with Crippen LogP contribution in [-0.2, 0) is 0 Å². The molecule has 2 bridgehead atoms. The second-order valence-corrected chi connectivity index (χ2v) is 6.16. The predicted molar refractivity (Wildman–Crippen MR) is 74.4 cm³/mol. The number of fused-ring (bicyclic) bond motifs is 2. The molecular weight excluding hydrogens is 227 g/mol. The first-order valence-electron chi connectivity index (χ1n) is 7.11. The number of likely N-dealkylation sites (tertiary alicyclic amines) is 2. The van der Waals surface area contributed by atoms with Gasteiger partial charge < -0.3 is 9.80 Å². The normalized spacial score (nSPS) is 29.6. The summed E-state index contributed by atoms with van der Waals surface area (Å²) in [5.41, 5.74) is 1.41. The van der Waals surface area contributed by atoms with Crippen molar-refractivity contribution >= 4 is 0 Å². The zero-order valence-corrected chi connectivity index (χ0v) is 12.5. The first kappa shape index (κ1) is 15.1. The van der Waals surface area contributed by atoms with Gasteiger partial charge in [0.2, 0.25) is 0 Å². The monoisotopic (exact) mass is 250 g/mol. The second kappa shape index (κ2) is 6.46. The molecule has 0 saturated carbocycles. The number of hydrogen-bond donors (Lipinski definition) is 0. The molecule has 0 amide bonds. The van der Waals surface area contributed by atoms with Crippen molar-refractivity contribution < 1.29 is 18.9 Å². The number of rotatable bonds is 2. The van der Waals surface area contributed by atoms with Gasteiger partial charge in [-0.05, 0) is 31.3 Å². The van der Waals surface area contributed by atoms with E-state index in [0.29, 0.717) is 6.04 Å². The van der Waals surface area contributed by atoms with Gasteiger partial charge >= 0.3 is 18.9 Å². The van der Waals surface area contributed by atoms with Crippen molar-refractivity contribution in [3.05, 3.63) is 35.9 Å². The van der Waals surface area contributed by atoms with Crippen LogP contribution < -0.4 is 18.9 Å². The first-order valence-corrected chi connectivity index (χ1v) is 7.11. The molecule has 2 fully saturated rings. The van der Waals surface area contributed by atoms with Crippen LogP contribution in [0.4, 0.5) is 0 Å². The van der Waals surface area contributed by atoms with Gasteiger partial charge in [-0.2, -0.15) is 30.3 Å². The van der Waals surface area contributed by atoms with Crippen LogP contribution in [0.2, 0.25) is 0 Å². The fourth-order valence-electron chi connectivity index (χ4n) is 3.77. The minimum atomic E-state index is 0. The third-order valence-electron chi connectivity index (χ3n) is 4.55. The van der Waals surface area contributed by atoms with Crippen LogP contribution in [-0.4, -0.2) is 43.0 Å². The summed E-state index contributed by atoms with van der Waals surface area (Å²) in [4.78, 5) is 5.19. The average molecular weight is 250 g/mol. The van der Waals surface area contributed by atoms with Crippen LogP contribution in [0.25, 0.3) is 0 Å². The van der Waals surface area contributed by atoms with E-state index in [1.165, 1.54) is 38.2 Å². The minimum absolute atomic E-state index is 0. The maximum Gasteiger partial charge on any atom is 1.00 e. The fraction of sp³-hybridized carbons (Fsp3) is 0.625. The third-order valence-corrected chi connectivity index (χ3v) is 4.55. The molecule has 2 saturated heterocycles. The van der Waals surface area contributed by atoms with E-state index in [1.54, 1.807) is 0 Å². The maximum atomic E-state index is 3.20. The van der Waals surface area contributed by atoms with Gasteiger partial charge in [0.25, 0.3) is 0 Å². The van der Waals surface area contributed by atoms with Gasteiger partial charge in [-0.3, -0.25) is 0 Å². The Bertz CT molecular complexity index is 377. The summed E-state index contributed by atoms with van der Waals surface area (Å²) >= 11 is 0. The molecule has 2 heterocycles. The maximum absolute atomic E-state index is 3.20. The molecule has 0 N–H and O–H groups in total. The van der Waals surface area contributed by atoms with Crippen molar-refractivity contribution in [3.63, 3.8) is 0 Å². The zero-order chi connectivity index (χ0) is 12.5. The largest absolute Gasteiger partial charge is 1.00 e. The van der Waals surface area contributed by atoms with Crippen LogP contribution in [0.5, 0.6) is 0 Å². The van der Waals surface area contributed by atoms with E-state index in [-0.39, 0.29) is 18.9 Å². The standard InChI is InChI=1S/C16H23N2.Li/c1-13(16-6-4-3-5-7-16)18-11-14-8-15(12-18)10-17(2)9-14;/h3-4,6-7,13-15H,8-12H2,1-2H3;/q-1;+1/t13-,14-,15+;/m0./s1. The molecule has 3 atom stereocenters. The fourth-order valence-corrected chi connectivity index (χ4v) is 3.77. The summed E-state index contributed by atoms with van der Waals surface area (Å²) in [6.07, 6.45) is 1.44. The second-order valence-electron chi connectivity index (χ2n) is 6.16. The van der Waals surface area contributed by atoms with E-state index >= 15 is 0 Å². The summed E-state index contributed by atoms with van der Waals surface area (Å²) in [7, 11) is 2.27. The summed E-state index contributed by atoms with van der Waals surface area (Å²) in [6, 6.07) is 12.2.